The van der Waals surface area contributed by atoms with E-state index in [2.05, 4.69) is 15.5 Å². The maximum absolute atomic E-state index is 12.4. The van der Waals surface area contributed by atoms with Gasteiger partial charge in [0.1, 0.15) is 6.04 Å². The first kappa shape index (κ1) is 14.8. The summed E-state index contributed by atoms with van der Waals surface area (Å²) in [6, 6.07) is 5.33. The van der Waals surface area contributed by atoms with E-state index >= 15 is 0 Å². The Balaban J connectivity index is 1.66. The van der Waals surface area contributed by atoms with E-state index in [0.29, 0.717) is 24.8 Å². The smallest absolute Gasteiger partial charge is 0.318 e. The van der Waals surface area contributed by atoms with Gasteiger partial charge in [-0.2, -0.15) is 4.98 Å². The number of rotatable bonds is 2. The zero-order chi connectivity index (χ0) is 15.7. The first-order chi connectivity index (χ1) is 10.5. The van der Waals surface area contributed by atoms with Crippen LogP contribution in [0.2, 0.25) is 5.02 Å². The van der Waals surface area contributed by atoms with E-state index in [9.17, 15) is 4.79 Å². The van der Waals surface area contributed by atoms with Crippen molar-refractivity contribution in [2.75, 3.05) is 6.54 Å². The normalized spacial score (nSPS) is 15.3. The first-order valence-corrected chi connectivity index (χ1v) is 7.54. The van der Waals surface area contributed by atoms with Crippen LogP contribution < -0.4 is 5.32 Å². The lowest BCUT2D eigenvalue weighted by Gasteiger charge is -2.30. The SMILES string of the molecule is Cc1noc([C@@H](C)NC(=O)N2CCc3c(Cl)cccc3C2)n1. The van der Waals surface area contributed by atoms with Crippen LogP contribution >= 0.6 is 11.6 Å². The Hall–Kier alpha value is -2.08. The molecule has 0 aliphatic carbocycles. The van der Waals surface area contributed by atoms with Crippen LogP contribution in [0.3, 0.4) is 0 Å². The molecule has 3 rings (SSSR count). The molecule has 2 aromatic rings. The van der Waals surface area contributed by atoms with Gasteiger partial charge in [0.05, 0.1) is 0 Å². The van der Waals surface area contributed by atoms with Gasteiger partial charge in [-0.1, -0.05) is 28.9 Å². The van der Waals surface area contributed by atoms with Gasteiger partial charge in [0.15, 0.2) is 5.82 Å². The molecule has 2 heterocycles. The van der Waals surface area contributed by atoms with Gasteiger partial charge < -0.3 is 14.7 Å². The van der Waals surface area contributed by atoms with E-state index in [4.69, 9.17) is 16.1 Å². The van der Waals surface area contributed by atoms with E-state index < -0.39 is 0 Å². The zero-order valence-electron chi connectivity index (χ0n) is 12.5. The topological polar surface area (TPSA) is 71.3 Å². The van der Waals surface area contributed by atoms with E-state index in [1.807, 2.05) is 25.1 Å². The molecule has 1 aromatic carbocycles. The van der Waals surface area contributed by atoms with E-state index in [-0.39, 0.29) is 12.1 Å². The lowest BCUT2D eigenvalue weighted by Crippen LogP contribution is -2.43. The molecule has 1 aliphatic heterocycles. The Morgan fingerprint density at radius 2 is 2.32 bits per heavy atom. The minimum absolute atomic E-state index is 0.144. The first-order valence-electron chi connectivity index (χ1n) is 7.16. The molecule has 0 spiro atoms. The van der Waals surface area contributed by atoms with Crippen LogP contribution in [0.4, 0.5) is 4.79 Å². The summed E-state index contributed by atoms with van der Waals surface area (Å²) >= 11 is 6.19. The summed E-state index contributed by atoms with van der Waals surface area (Å²) in [6.07, 6.45) is 0.760. The Labute approximate surface area is 133 Å². The molecule has 0 saturated heterocycles. The highest BCUT2D eigenvalue weighted by atomic mass is 35.5. The standard InChI is InChI=1S/C15H17ClN4O2/c1-9(14-18-10(2)19-22-14)17-15(21)20-7-6-12-11(8-20)4-3-5-13(12)16/h3-5,9H,6-8H2,1-2H3,(H,17,21)/t9-/m1/s1. The molecule has 7 heteroatoms. The third-order valence-corrected chi connectivity index (χ3v) is 4.10. The minimum atomic E-state index is -0.325. The van der Waals surface area contributed by atoms with Crippen molar-refractivity contribution in [3.63, 3.8) is 0 Å². The Morgan fingerprint density at radius 3 is 3.05 bits per heavy atom. The molecule has 6 nitrogen and oxygen atoms in total. The highest BCUT2D eigenvalue weighted by Crippen LogP contribution is 2.26. The summed E-state index contributed by atoms with van der Waals surface area (Å²) in [5.41, 5.74) is 2.23. The fourth-order valence-electron chi connectivity index (χ4n) is 2.56. The monoisotopic (exact) mass is 320 g/mol. The molecule has 0 unspecified atom stereocenters. The molecular weight excluding hydrogens is 304 g/mol. The van der Waals surface area contributed by atoms with Gasteiger partial charge >= 0.3 is 6.03 Å². The molecular formula is C15H17ClN4O2. The number of aromatic nitrogens is 2. The van der Waals surface area contributed by atoms with Gasteiger partial charge in [-0.05, 0) is 37.5 Å². The number of amides is 2. The van der Waals surface area contributed by atoms with Gasteiger partial charge in [-0.15, -0.1) is 0 Å². The molecule has 0 radical (unpaired) electrons. The summed E-state index contributed by atoms with van der Waals surface area (Å²) in [5.74, 6) is 0.962. The van der Waals surface area contributed by atoms with Crippen molar-refractivity contribution in [1.82, 2.24) is 20.4 Å². The van der Waals surface area contributed by atoms with Gasteiger partial charge in [0, 0.05) is 18.1 Å². The summed E-state index contributed by atoms with van der Waals surface area (Å²) in [6.45, 7) is 4.75. The number of halogens is 1. The molecule has 116 valence electrons. The van der Waals surface area contributed by atoms with Crippen molar-refractivity contribution in [2.24, 2.45) is 0 Å². The Morgan fingerprint density at radius 1 is 1.50 bits per heavy atom. The number of carbonyl (C=O) groups is 1. The van der Waals surface area contributed by atoms with E-state index in [1.165, 1.54) is 0 Å². The fraction of sp³-hybridized carbons (Fsp3) is 0.400. The van der Waals surface area contributed by atoms with Crippen LogP contribution in [-0.4, -0.2) is 27.6 Å². The summed E-state index contributed by atoms with van der Waals surface area (Å²) in [7, 11) is 0. The van der Waals surface area contributed by atoms with E-state index in [1.54, 1.807) is 11.8 Å². The predicted molar refractivity (Wildman–Crippen MR) is 81.5 cm³/mol. The third-order valence-electron chi connectivity index (χ3n) is 3.75. The lowest BCUT2D eigenvalue weighted by molar-refractivity contribution is 0.186. The lowest BCUT2D eigenvalue weighted by atomic mass is 10.00. The number of fused-ring (bicyclic) bond motifs is 1. The molecule has 22 heavy (non-hydrogen) atoms. The number of aryl methyl sites for hydroxylation is 1. The van der Waals surface area contributed by atoms with E-state index in [0.717, 1.165) is 22.6 Å². The number of hydrogen-bond donors (Lipinski definition) is 1. The minimum Gasteiger partial charge on any atom is -0.337 e. The summed E-state index contributed by atoms with van der Waals surface area (Å²) < 4.78 is 5.07. The predicted octanol–water partition coefficient (Wildman–Crippen LogP) is 2.86. The Kier molecular flexibility index (Phi) is 4.02. The van der Waals surface area contributed by atoms with Crippen molar-refractivity contribution >= 4 is 17.6 Å². The maximum atomic E-state index is 12.4. The molecule has 1 aliphatic rings. The van der Waals surface area contributed by atoms with Crippen molar-refractivity contribution in [2.45, 2.75) is 32.9 Å². The molecule has 0 bridgehead atoms. The van der Waals surface area contributed by atoms with Crippen LogP contribution in [0, 0.1) is 6.92 Å². The average Bonchev–Trinajstić information content (AvgIpc) is 2.94. The van der Waals surface area contributed by atoms with Gasteiger partial charge in [0.25, 0.3) is 0 Å². The number of nitrogens with zero attached hydrogens (tertiary/aromatic N) is 3. The van der Waals surface area contributed by atoms with Crippen LogP contribution in [0.5, 0.6) is 0 Å². The van der Waals surface area contributed by atoms with Crippen molar-refractivity contribution in [3.8, 4) is 0 Å². The van der Waals surface area contributed by atoms with Crippen LogP contribution in [-0.2, 0) is 13.0 Å². The molecule has 1 aromatic heterocycles. The molecule has 1 N–H and O–H groups in total. The average molecular weight is 321 g/mol. The van der Waals surface area contributed by atoms with Crippen molar-refractivity contribution in [3.05, 3.63) is 46.1 Å². The third kappa shape index (κ3) is 2.92. The summed E-state index contributed by atoms with van der Waals surface area (Å²) in [5, 5.41) is 7.38. The maximum Gasteiger partial charge on any atom is 0.318 e. The van der Waals surface area contributed by atoms with Crippen molar-refractivity contribution < 1.29 is 9.32 Å². The second-order valence-electron chi connectivity index (χ2n) is 5.40. The van der Waals surface area contributed by atoms with Crippen LogP contribution in [0.15, 0.2) is 22.7 Å². The fourth-order valence-corrected chi connectivity index (χ4v) is 2.85. The highest BCUT2D eigenvalue weighted by Gasteiger charge is 2.24. The second kappa shape index (κ2) is 5.96. The zero-order valence-corrected chi connectivity index (χ0v) is 13.2. The quantitative estimate of drug-likeness (QED) is 0.923. The Bertz CT molecular complexity index is 701. The highest BCUT2D eigenvalue weighted by molar-refractivity contribution is 6.31. The van der Waals surface area contributed by atoms with Crippen molar-refractivity contribution in [1.29, 1.82) is 0 Å². The van der Waals surface area contributed by atoms with Gasteiger partial charge in [-0.3, -0.25) is 0 Å². The molecule has 1 atom stereocenters. The van der Waals surface area contributed by atoms with Gasteiger partial charge in [-0.25, -0.2) is 4.79 Å². The van der Waals surface area contributed by atoms with Crippen LogP contribution in [0.25, 0.3) is 0 Å². The van der Waals surface area contributed by atoms with Gasteiger partial charge in [0.2, 0.25) is 5.89 Å². The number of nitrogens with one attached hydrogen (secondary N) is 1. The van der Waals surface area contributed by atoms with Crippen LogP contribution in [0.1, 0.15) is 35.8 Å². The second-order valence-corrected chi connectivity index (χ2v) is 5.81. The largest absolute Gasteiger partial charge is 0.337 e. The summed E-state index contributed by atoms with van der Waals surface area (Å²) in [4.78, 5) is 18.3. The molecule has 2 amide bonds. The molecule has 0 saturated carbocycles. The number of urea groups is 1. The molecule has 0 fully saturated rings. The number of benzene rings is 1. The number of hydrogen-bond acceptors (Lipinski definition) is 4. The number of carbonyl (C=O) groups excluding carboxylic acids is 1.